The highest BCUT2D eigenvalue weighted by Gasteiger charge is 2.03. The molecule has 0 radical (unpaired) electrons. The third-order valence-corrected chi connectivity index (χ3v) is 3.25. The lowest BCUT2D eigenvalue weighted by atomic mass is 10.2. The zero-order valence-corrected chi connectivity index (χ0v) is 12.2. The van der Waals surface area contributed by atoms with Crippen molar-refractivity contribution in [1.82, 2.24) is 15.0 Å². The highest BCUT2D eigenvalue weighted by molar-refractivity contribution is 5.33. The minimum Gasteiger partial charge on any atom is -0.487 e. The van der Waals surface area contributed by atoms with Crippen molar-refractivity contribution in [2.24, 2.45) is 0 Å². The van der Waals surface area contributed by atoms with E-state index in [9.17, 15) is 0 Å². The Morgan fingerprint density at radius 2 is 1.52 bits per heavy atom. The average Bonchev–Trinajstić information content (AvgIpc) is 2.96. The van der Waals surface area contributed by atoms with Crippen LogP contribution in [-0.4, -0.2) is 15.0 Å². The maximum atomic E-state index is 5.70. The molecule has 0 aliphatic heterocycles. The van der Waals surface area contributed by atoms with E-state index < -0.39 is 0 Å². The molecule has 0 atom stereocenters. The summed E-state index contributed by atoms with van der Waals surface area (Å²) < 4.78 is 7.46. The zero-order valence-electron chi connectivity index (χ0n) is 12.2. The summed E-state index contributed by atoms with van der Waals surface area (Å²) in [7, 11) is 0. The van der Waals surface area contributed by atoms with E-state index in [1.165, 1.54) is 11.1 Å². The molecule has 0 spiro atoms. The Morgan fingerprint density at radius 1 is 0.905 bits per heavy atom. The summed E-state index contributed by atoms with van der Waals surface area (Å²) in [5.41, 5.74) is 4.24. The predicted molar refractivity (Wildman–Crippen MR) is 81.6 cm³/mol. The molecule has 0 aliphatic carbocycles. The average molecular weight is 279 g/mol. The van der Waals surface area contributed by atoms with E-state index >= 15 is 0 Å². The van der Waals surface area contributed by atoms with Crippen LogP contribution in [0.25, 0.3) is 5.69 Å². The molecule has 0 aliphatic rings. The molecule has 4 heteroatoms. The van der Waals surface area contributed by atoms with E-state index in [2.05, 4.69) is 36.3 Å². The first-order valence-electron chi connectivity index (χ1n) is 6.88. The number of rotatable bonds is 4. The maximum absolute atomic E-state index is 5.70. The smallest absolute Gasteiger partial charge is 0.134 e. The van der Waals surface area contributed by atoms with Gasteiger partial charge in [0.15, 0.2) is 0 Å². The summed E-state index contributed by atoms with van der Waals surface area (Å²) in [5.74, 6) is 0.838. The van der Waals surface area contributed by atoms with Gasteiger partial charge in [0.1, 0.15) is 18.1 Å². The minimum atomic E-state index is 0.412. The Kier molecular flexibility index (Phi) is 3.69. The zero-order chi connectivity index (χ0) is 14.7. The molecule has 4 nitrogen and oxygen atoms in total. The van der Waals surface area contributed by atoms with Crippen molar-refractivity contribution in [3.8, 4) is 11.4 Å². The van der Waals surface area contributed by atoms with E-state index in [0.717, 1.165) is 17.1 Å². The quantitative estimate of drug-likeness (QED) is 0.734. The van der Waals surface area contributed by atoms with Crippen LogP contribution in [0.15, 0.2) is 54.7 Å². The molecule has 0 amide bonds. The second kappa shape index (κ2) is 5.79. The molecule has 0 N–H and O–H groups in total. The number of nitrogens with zero attached hydrogens (tertiary/aromatic N) is 3. The Labute approximate surface area is 124 Å². The first-order chi connectivity index (χ1) is 10.2. The molecule has 0 saturated carbocycles. The van der Waals surface area contributed by atoms with Gasteiger partial charge in [0.05, 0.1) is 11.9 Å². The normalized spacial score (nSPS) is 10.6. The summed E-state index contributed by atoms with van der Waals surface area (Å²) in [6.45, 7) is 4.53. The second-order valence-corrected chi connectivity index (χ2v) is 5.09. The molecule has 0 bridgehead atoms. The van der Waals surface area contributed by atoms with Crippen molar-refractivity contribution in [2.45, 2.75) is 20.5 Å². The van der Waals surface area contributed by atoms with Gasteiger partial charge in [-0.05, 0) is 38.1 Å². The van der Waals surface area contributed by atoms with Gasteiger partial charge in [0, 0.05) is 0 Å². The van der Waals surface area contributed by atoms with Crippen LogP contribution in [0, 0.1) is 13.8 Å². The fourth-order valence-electron chi connectivity index (χ4n) is 1.98. The number of ether oxygens (including phenoxy) is 1. The molecule has 1 aromatic heterocycles. The largest absolute Gasteiger partial charge is 0.487 e. The highest BCUT2D eigenvalue weighted by Crippen LogP contribution is 2.14. The highest BCUT2D eigenvalue weighted by atomic mass is 16.5. The molecule has 1 heterocycles. The number of hydrogen-bond donors (Lipinski definition) is 0. The van der Waals surface area contributed by atoms with E-state index in [1.807, 2.05) is 42.6 Å². The van der Waals surface area contributed by atoms with Crippen LogP contribution in [0.4, 0.5) is 0 Å². The van der Waals surface area contributed by atoms with Gasteiger partial charge in [-0.1, -0.05) is 40.6 Å². The Balaban J connectivity index is 1.67. The Morgan fingerprint density at radius 3 is 2.19 bits per heavy atom. The molecule has 106 valence electrons. The molecule has 0 fully saturated rings. The molecular formula is C17H17N3O. The second-order valence-electron chi connectivity index (χ2n) is 5.09. The van der Waals surface area contributed by atoms with Crippen molar-refractivity contribution in [2.75, 3.05) is 0 Å². The molecular weight excluding hydrogens is 262 g/mol. The standard InChI is InChI=1S/C17H17N3O/c1-13-3-7-16(8-4-13)20-11-15(18-19-20)12-21-17-9-5-14(2)6-10-17/h3-11H,12H2,1-2H3. The topological polar surface area (TPSA) is 39.9 Å². The minimum absolute atomic E-state index is 0.412. The van der Waals surface area contributed by atoms with Gasteiger partial charge in [-0.15, -0.1) is 5.10 Å². The first-order valence-corrected chi connectivity index (χ1v) is 6.88. The van der Waals surface area contributed by atoms with E-state index in [4.69, 9.17) is 4.74 Å². The number of benzene rings is 2. The molecule has 3 aromatic rings. The lowest BCUT2D eigenvalue weighted by Gasteiger charge is -2.03. The van der Waals surface area contributed by atoms with E-state index in [0.29, 0.717) is 6.61 Å². The van der Waals surface area contributed by atoms with Gasteiger partial charge in [-0.2, -0.15) is 0 Å². The van der Waals surface area contributed by atoms with Gasteiger partial charge in [-0.25, -0.2) is 4.68 Å². The molecule has 2 aromatic carbocycles. The van der Waals surface area contributed by atoms with Crippen LogP contribution < -0.4 is 4.74 Å². The van der Waals surface area contributed by atoms with E-state index in [1.54, 1.807) is 4.68 Å². The van der Waals surface area contributed by atoms with Gasteiger partial charge in [-0.3, -0.25) is 0 Å². The number of aryl methyl sites for hydroxylation is 2. The molecule has 3 rings (SSSR count). The third kappa shape index (κ3) is 3.28. The van der Waals surface area contributed by atoms with Crippen LogP contribution in [-0.2, 0) is 6.61 Å². The lowest BCUT2D eigenvalue weighted by molar-refractivity contribution is 0.301. The number of aromatic nitrogens is 3. The van der Waals surface area contributed by atoms with Gasteiger partial charge in [0.25, 0.3) is 0 Å². The summed E-state index contributed by atoms with van der Waals surface area (Å²) in [6, 6.07) is 16.1. The summed E-state index contributed by atoms with van der Waals surface area (Å²) in [4.78, 5) is 0. The van der Waals surface area contributed by atoms with Gasteiger partial charge in [0.2, 0.25) is 0 Å². The van der Waals surface area contributed by atoms with Crippen LogP contribution in [0.2, 0.25) is 0 Å². The maximum Gasteiger partial charge on any atom is 0.134 e. The van der Waals surface area contributed by atoms with Crippen molar-refractivity contribution < 1.29 is 4.74 Å². The van der Waals surface area contributed by atoms with Gasteiger partial charge < -0.3 is 4.74 Å². The molecule has 21 heavy (non-hydrogen) atoms. The Hall–Kier alpha value is -2.62. The summed E-state index contributed by atoms with van der Waals surface area (Å²) in [6.07, 6.45) is 1.89. The number of hydrogen-bond acceptors (Lipinski definition) is 3. The summed E-state index contributed by atoms with van der Waals surface area (Å²) >= 11 is 0. The Bertz CT molecular complexity index is 715. The predicted octanol–water partition coefficient (Wildman–Crippen LogP) is 3.46. The van der Waals surface area contributed by atoms with Gasteiger partial charge >= 0.3 is 0 Å². The van der Waals surface area contributed by atoms with E-state index in [-0.39, 0.29) is 0 Å². The third-order valence-electron chi connectivity index (χ3n) is 3.25. The van der Waals surface area contributed by atoms with Crippen LogP contribution >= 0.6 is 0 Å². The molecule has 0 unspecified atom stereocenters. The molecule has 0 saturated heterocycles. The van der Waals surface area contributed by atoms with Crippen LogP contribution in [0.3, 0.4) is 0 Å². The van der Waals surface area contributed by atoms with Crippen LogP contribution in [0.5, 0.6) is 5.75 Å². The summed E-state index contributed by atoms with van der Waals surface area (Å²) in [5, 5.41) is 8.26. The van der Waals surface area contributed by atoms with Crippen molar-refractivity contribution in [1.29, 1.82) is 0 Å². The fraction of sp³-hybridized carbons (Fsp3) is 0.176. The lowest BCUT2D eigenvalue weighted by Crippen LogP contribution is -1.95. The van der Waals surface area contributed by atoms with Crippen molar-refractivity contribution in [3.05, 3.63) is 71.5 Å². The monoisotopic (exact) mass is 279 g/mol. The van der Waals surface area contributed by atoms with Crippen LogP contribution in [0.1, 0.15) is 16.8 Å². The van der Waals surface area contributed by atoms with Crippen molar-refractivity contribution in [3.63, 3.8) is 0 Å². The first kappa shape index (κ1) is 13.4. The van der Waals surface area contributed by atoms with Crippen molar-refractivity contribution >= 4 is 0 Å². The fourth-order valence-corrected chi connectivity index (χ4v) is 1.98. The SMILES string of the molecule is Cc1ccc(OCc2cn(-c3ccc(C)cc3)nn2)cc1.